The Morgan fingerprint density at radius 2 is 1.86 bits per heavy atom. The summed E-state index contributed by atoms with van der Waals surface area (Å²) in [4.78, 5) is 26.7. The summed E-state index contributed by atoms with van der Waals surface area (Å²) in [5.74, 6) is 1.03. The minimum atomic E-state index is -0.180. The van der Waals surface area contributed by atoms with E-state index in [0.717, 1.165) is 49.2 Å². The van der Waals surface area contributed by atoms with Gasteiger partial charge < -0.3 is 15.0 Å². The third-order valence-electron chi connectivity index (χ3n) is 5.48. The molecule has 1 heterocycles. The van der Waals surface area contributed by atoms with E-state index in [1.165, 1.54) is 0 Å². The van der Waals surface area contributed by atoms with Crippen LogP contribution in [0.1, 0.15) is 60.5 Å². The Hall–Kier alpha value is -2.82. The Labute approximate surface area is 173 Å². The molecule has 3 rings (SSSR count). The minimum absolute atomic E-state index is 0.0279. The number of rotatable bonds is 8. The Morgan fingerprint density at radius 3 is 2.62 bits per heavy atom. The normalized spacial score (nSPS) is 14.5. The van der Waals surface area contributed by atoms with Gasteiger partial charge in [-0.25, -0.2) is 0 Å². The van der Waals surface area contributed by atoms with E-state index in [-0.39, 0.29) is 18.4 Å². The van der Waals surface area contributed by atoms with E-state index in [2.05, 4.69) is 19.2 Å². The van der Waals surface area contributed by atoms with Gasteiger partial charge in [-0.1, -0.05) is 44.2 Å². The van der Waals surface area contributed by atoms with Gasteiger partial charge in [-0.3, -0.25) is 9.59 Å². The van der Waals surface area contributed by atoms with Crippen molar-refractivity contribution in [3.8, 4) is 5.75 Å². The van der Waals surface area contributed by atoms with Crippen molar-refractivity contribution in [3.05, 3.63) is 65.2 Å². The van der Waals surface area contributed by atoms with Gasteiger partial charge in [0.05, 0.1) is 0 Å². The third kappa shape index (κ3) is 5.59. The lowest BCUT2D eigenvalue weighted by Crippen LogP contribution is -2.29. The molecule has 154 valence electrons. The Kier molecular flexibility index (Phi) is 7.28. The molecule has 0 bridgehead atoms. The number of hydrogen-bond acceptors (Lipinski definition) is 3. The molecule has 2 aromatic carbocycles. The number of nitrogens with one attached hydrogen (secondary N) is 1. The molecule has 1 N–H and O–H groups in total. The van der Waals surface area contributed by atoms with Gasteiger partial charge in [0.25, 0.3) is 11.8 Å². The van der Waals surface area contributed by atoms with E-state index in [1.54, 1.807) is 0 Å². The predicted octanol–water partition coefficient (Wildman–Crippen LogP) is 4.13. The Balaban J connectivity index is 1.52. The lowest BCUT2D eigenvalue weighted by molar-refractivity contribution is -0.123. The van der Waals surface area contributed by atoms with Crippen molar-refractivity contribution in [3.63, 3.8) is 0 Å². The quantitative estimate of drug-likeness (QED) is 0.732. The zero-order chi connectivity index (χ0) is 20.6. The van der Waals surface area contributed by atoms with Crippen LogP contribution in [-0.2, 0) is 11.3 Å². The van der Waals surface area contributed by atoms with E-state index in [4.69, 9.17) is 4.74 Å². The largest absolute Gasteiger partial charge is 0.483 e. The number of nitrogens with zero attached hydrogens (tertiary/aromatic N) is 1. The molecule has 2 aromatic rings. The number of ether oxygens (including phenoxy) is 1. The summed E-state index contributed by atoms with van der Waals surface area (Å²) in [5.41, 5.74) is 2.71. The fraction of sp³-hybridized carbons (Fsp3) is 0.417. The maximum absolute atomic E-state index is 12.5. The van der Waals surface area contributed by atoms with Crippen molar-refractivity contribution in [1.29, 1.82) is 0 Å². The van der Waals surface area contributed by atoms with Crippen LogP contribution in [0.2, 0.25) is 0 Å². The van der Waals surface area contributed by atoms with E-state index in [1.807, 2.05) is 53.4 Å². The van der Waals surface area contributed by atoms with Crippen LogP contribution in [-0.4, -0.2) is 36.4 Å². The molecule has 1 fully saturated rings. The molecule has 2 amide bonds. The maximum Gasteiger partial charge on any atom is 0.258 e. The average molecular weight is 395 g/mol. The second kappa shape index (κ2) is 10.1. The highest BCUT2D eigenvalue weighted by molar-refractivity contribution is 5.94. The Bertz CT molecular complexity index is 844. The SMILES string of the molecule is CCC(C)c1ccccc1OCC(=O)NCc1cccc(C(=O)N2CCCC2)c1. The number of carbonyl (C=O) groups excluding carboxylic acids is 2. The number of amides is 2. The molecular formula is C24H30N2O3. The van der Waals surface area contributed by atoms with Crippen molar-refractivity contribution < 1.29 is 14.3 Å². The highest BCUT2D eigenvalue weighted by Crippen LogP contribution is 2.28. The van der Waals surface area contributed by atoms with Crippen LogP contribution in [0.25, 0.3) is 0 Å². The summed E-state index contributed by atoms with van der Waals surface area (Å²) in [6.45, 7) is 6.29. The van der Waals surface area contributed by atoms with Gasteiger partial charge in [-0.15, -0.1) is 0 Å². The minimum Gasteiger partial charge on any atom is -0.483 e. The molecular weight excluding hydrogens is 364 g/mol. The first kappa shape index (κ1) is 20.9. The number of carbonyl (C=O) groups is 2. The van der Waals surface area contributed by atoms with Crippen molar-refractivity contribution in [2.45, 2.75) is 45.6 Å². The zero-order valence-corrected chi connectivity index (χ0v) is 17.3. The lowest BCUT2D eigenvalue weighted by atomic mass is 9.98. The fourth-order valence-electron chi connectivity index (χ4n) is 3.55. The van der Waals surface area contributed by atoms with Crippen molar-refractivity contribution >= 4 is 11.8 Å². The first-order valence-corrected chi connectivity index (χ1v) is 10.4. The molecule has 1 saturated heterocycles. The van der Waals surface area contributed by atoms with E-state index < -0.39 is 0 Å². The molecule has 1 aliphatic rings. The lowest BCUT2D eigenvalue weighted by Gasteiger charge is -2.16. The van der Waals surface area contributed by atoms with Crippen LogP contribution in [0.5, 0.6) is 5.75 Å². The fourth-order valence-corrected chi connectivity index (χ4v) is 3.55. The maximum atomic E-state index is 12.5. The molecule has 0 spiro atoms. The van der Waals surface area contributed by atoms with Crippen LogP contribution in [0, 0.1) is 0 Å². The van der Waals surface area contributed by atoms with Gasteiger partial charge in [-0.05, 0) is 54.5 Å². The number of para-hydroxylation sites is 1. The smallest absolute Gasteiger partial charge is 0.258 e. The number of benzene rings is 2. The molecule has 1 aliphatic heterocycles. The van der Waals surface area contributed by atoms with Crippen molar-refractivity contribution in [1.82, 2.24) is 10.2 Å². The van der Waals surface area contributed by atoms with Crippen LogP contribution in [0.3, 0.4) is 0 Å². The number of hydrogen-bond donors (Lipinski definition) is 1. The van der Waals surface area contributed by atoms with Gasteiger partial charge in [0.15, 0.2) is 6.61 Å². The third-order valence-corrected chi connectivity index (χ3v) is 5.48. The van der Waals surface area contributed by atoms with Gasteiger partial charge in [-0.2, -0.15) is 0 Å². The molecule has 5 nitrogen and oxygen atoms in total. The molecule has 1 unspecified atom stereocenters. The molecule has 0 aromatic heterocycles. The molecule has 0 radical (unpaired) electrons. The second-order valence-electron chi connectivity index (χ2n) is 7.61. The van der Waals surface area contributed by atoms with Gasteiger partial charge in [0, 0.05) is 25.2 Å². The van der Waals surface area contributed by atoms with Crippen LogP contribution in [0.4, 0.5) is 0 Å². The standard InChI is InChI=1S/C24H30N2O3/c1-3-18(2)21-11-4-5-12-22(21)29-17-23(27)25-16-19-9-8-10-20(15-19)24(28)26-13-6-7-14-26/h4-5,8-12,15,18H,3,6-7,13-14,16-17H2,1-2H3,(H,25,27). The van der Waals surface area contributed by atoms with Gasteiger partial charge in [0.2, 0.25) is 0 Å². The van der Waals surface area contributed by atoms with Crippen LogP contribution in [0.15, 0.2) is 48.5 Å². The summed E-state index contributed by atoms with van der Waals surface area (Å²) >= 11 is 0. The van der Waals surface area contributed by atoms with Crippen LogP contribution >= 0.6 is 0 Å². The highest BCUT2D eigenvalue weighted by atomic mass is 16.5. The molecule has 29 heavy (non-hydrogen) atoms. The molecule has 0 aliphatic carbocycles. The van der Waals surface area contributed by atoms with Crippen LogP contribution < -0.4 is 10.1 Å². The first-order chi connectivity index (χ1) is 14.1. The molecule has 0 saturated carbocycles. The van der Waals surface area contributed by atoms with E-state index in [9.17, 15) is 9.59 Å². The zero-order valence-electron chi connectivity index (χ0n) is 17.3. The second-order valence-corrected chi connectivity index (χ2v) is 7.61. The molecule has 1 atom stereocenters. The Morgan fingerprint density at radius 1 is 1.10 bits per heavy atom. The molecule has 5 heteroatoms. The monoisotopic (exact) mass is 394 g/mol. The van der Waals surface area contributed by atoms with E-state index >= 15 is 0 Å². The number of likely N-dealkylation sites (tertiary alicyclic amines) is 1. The summed E-state index contributed by atoms with van der Waals surface area (Å²) in [6, 6.07) is 15.3. The van der Waals surface area contributed by atoms with Crippen molar-refractivity contribution in [2.75, 3.05) is 19.7 Å². The van der Waals surface area contributed by atoms with Gasteiger partial charge >= 0.3 is 0 Å². The summed E-state index contributed by atoms with van der Waals surface area (Å²) in [7, 11) is 0. The average Bonchev–Trinajstić information content (AvgIpc) is 3.30. The summed E-state index contributed by atoms with van der Waals surface area (Å²) in [5, 5.41) is 2.88. The topological polar surface area (TPSA) is 58.6 Å². The summed E-state index contributed by atoms with van der Waals surface area (Å²) < 4.78 is 5.77. The van der Waals surface area contributed by atoms with E-state index in [0.29, 0.717) is 18.0 Å². The predicted molar refractivity (Wildman–Crippen MR) is 114 cm³/mol. The summed E-state index contributed by atoms with van der Waals surface area (Å²) in [6.07, 6.45) is 3.16. The highest BCUT2D eigenvalue weighted by Gasteiger charge is 2.19. The first-order valence-electron chi connectivity index (χ1n) is 10.4. The van der Waals surface area contributed by atoms with Gasteiger partial charge in [0.1, 0.15) is 5.75 Å². The van der Waals surface area contributed by atoms with Crippen molar-refractivity contribution in [2.24, 2.45) is 0 Å².